The molecule has 1 saturated heterocycles. The van der Waals surface area contributed by atoms with E-state index in [0.29, 0.717) is 13.1 Å². The molecule has 1 aliphatic rings. The van der Waals surface area contributed by atoms with Gasteiger partial charge in [0.2, 0.25) is 10.0 Å². The Hall–Kier alpha value is -2.46. The third-order valence-electron chi connectivity index (χ3n) is 4.16. The number of nitrogens with zero attached hydrogens (tertiary/aromatic N) is 1. The number of benzene rings is 1. The predicted molar refractivity (Wildman–Crippen MR) is 96.2 cm³/mol. The van der Waals surface area contributed by atoms with Crippen LogP contribution in [0.15, 0.2) is 29.2 Å². The summed E-state index contributed by atoms with van der Waals surface area (Å²) in [5.74, 6) is -1.11. The third-order valence-corrected chi connectivity index (χ3v) is 6.01. The molecule has 148 valence electrons. The highest BCUT2D eigenvalue weighted by atomic mass is 32.2. The van der Waals surface area contributed by atoms with Crippen molar-refractivity contribution in [1.29, 1.82) is 0 Å². The van der Waals surface area contributed by atoms with Crippen molar-refractivity contribution in [1.82, 2.24) is 9.62 Å². The number of ether oxygens (including phenoxy) is 1. The molecule has 0 aromatic heterocycles. The lowest BCUT2D eigenvalue weighted by Crippen LogP contribution is -2.42. The molecule has 3 amide bonds. The van der Waals surface area contributed by atoms with Crippen molar-refractivity contribution in [2.75, 3.05) is 19.7 Å². The number of nitrogens with one attached hydrogen (secondary N) is 1. The molecule has 27 heavy (non-hydrogen) atoms. The van der Waals surface area contributed by atoms with Gasteiger partial charge in [0.1, 0.15) is 0 Å². The van der Waals surface area contributed by atoms with E-state index in [9.17, 15) is 22.8 Å². The van der Waals surface area contributed by atoms with Crippen LogP contribution in [0, 0.1) is 11.8 Å². The highest BCUT2D eigenvalue weighted by Crippen LogP contribution is 2.26. The van der Waals surface area contributed by atoms with Crippen LogP contribution >= 0.6 is 0 Å². The first kappa shape index (κ1) is 20.8. The Labute approximate surface area is 157 Å². The minimum atomic E-state index is -3.64. The second-order valence-electron chi connectivity index (χ2n) is 6.78. The average Bonchev–Trinajstić information content (AvgIpc) is 2.58. The number of rotatable bonds is 5. The molecule has 1 fully saturated rings. The van der Waals surface area contributed by atoms with Crippen molar-refractivity contribution < 1.29 is 27.5 Å². The molecule has 10 heteroatoms. The number of hydrogen-bond donors (Lipinski definition) is 2. The van der Waals surface area contributed by atoms with E-state index >= 15 is 0 Å². The van der Waals surface area contributed by atoms with E-state index in [1.807, 2.05) is 13.8 Å². The standard InChI is InChI=1S/C17H23N3O6S/c1-11-7-12(2)9-20(8-11)27(24,25)14-5-3-13(4-6-14)16(22)26-10-15(21)19-17(18)23/h3-6,11-12H,7-10H2,1-2H3,(H3,18,19,21,23)/t11-,12-/m1/s1. The summed E-state index contributed by atoms with van der Waals surface area (Å²) < 4.78 is 31.8. The van der Waals surface area contributed by atoms with Crippen LogP contribution in [-0.4, -0.2) is 50.3 Å². The Morgan fingerprint density at radius 3 is 2.22 bits per heavy atom. The minimum absolute atomic E-state index is 0.0844. The Bertz CT molecular complexity index is 812. The van der Waals surface area contributed by atoms with E-state index in [2.05, 4.69) is 0 Å². The van der Waals surface area contributed by atoms with Gasteiger partial charge in [0.05, 0.1) is 10.5 Å². The molecular weight excluding hydrogens is 374 g/mol. The molecule has 1 heterocycles. The molecule has 1 aliphatic heterocycles. The predicted octanol–water partition coefficient (Wildman–Crippen LogP) is 0.705. The van der Waals surface area contributed by atoms with E-state index in [0.717, 1.165) is 6.42 Å². The molecule has 0 aliphatic carbocycles. The number of piperidine rings is 1. The zero-order chi connectivity index (χ0) is 20.2. The number of hydrogen-bond acceptors (Lipinski definition) is 6. The van der Waals surface area contributed by atoms with E-state index < -0.39 is 34.5 Å². The van der Waals surface area contributed by atoms with Crippen molar-refractivity contribution >= 4 is 27.9 Å². The molecule has 2 atom stereocenters. The first-order chi connectivity index (χ1) is 12.6. The zero-order valence-electron chi connectivity index (χ0n) is 15.2. The van der Waals surface area contributed by atoms with Gasteiger partial charge in [-0.05, 0) is 42.5 Å². The van der Waals surface area contributed by atoms with E-state index in [1.54, 1.807) is 5.32 Å². The summed E-state index contributed by atoms with van der Waals surface area (Å²) in [7, 11) is -3.64. The van der Waals surface area contributed by atoms with Crippen molar-refractivity contribution in [2.45, 2.75) is 25.2 Å². The summed E-state index contributed by atoms with van der Waals surface area (Å²) in [4.78, 5) is 33.7. The molecule has 9 nitrogen and oxygen atoms in total. The average molecular weight is 397 g/mol. The van der Waals surface area contributed by atoms with Crippen molar-refractivity contribution in [3.8, 4) is 0 Å². The Morgan fingerprint density at radius 1 is 1.15 bits per heavy atom. The van der Waals surface area contributed by atoms with Gasteiger partial charge in [0.25, 0.3) is 5.91 Å². The fraction of sp³-hybridized carbons (Fsp3) is 0.471. The fourth-order valence-corrected chi connectivity index (χ4v) is 4.78. The molecule has 1 aromatic carbocycles. The van der Waals surface area contributed by atoms with Crippen LogP contribution < -0.4 is 11.1 Å². The van der Waals surface area contributed by atoms with Gasteiger partial charge in [0, 0.05) is 13.1 Å². The lowest BCUT2D eigenvalue weighted by Gasteiger charge is -2.34. The zero-order valence-corrected chi connectivity index (χ0v) is 16.0. The van der Waals surface area contributed by atoms with Crippen LogP contribution in [-0.2, 0) is 19.6 Å². The molecule has 2 rings (SSSR count). The smallest absolute Gasteiger partial charge is 0.338 e. The fourth-order valence-electron chi connectivity index (χ4n) is 3.10. The Balaban J connectivity index is 2.04. The van der Waals surface area contributed by atoms with Crippen molar-refractivity contribution in [3.05, 3.63) is 29.8 Å². The summed E-state index contributed by atoms with van der Waals surface area (Å²) in [6.45, 7) is 4.29. The number of sulfonamides is 1. The molecule has 0 saturated carbocycles. The Morgan fingerprint density at radius 2 is 1.70 bits per heavy atom. The van der Waals surface area contributed by atoms with Gasteiger partial charge >= 0.3 is 12.0 Å². The summed E-state index contributed by atoms with van der Waals surface area (Å²) in [5, 5.41) is 1.76. The normalized spacial score (nSPS) is 20.7. The van der Waals surface area contributed by atoms with Gasteiger partial charge in [-0.25, -0.2) is 18.0 Å². The van der Waals surface area contributed by atoms with Crippen LogP contribution in [0.2, 0.25) is 0 Å². The largest absolute Gasteiger partial charge is 0.452 e. The van der Waals surface area contributed by atoms with E-state index in [4.69, 9.17) is 10.5 Å². The molecule has 3 N–H and O–H groups in total. The van der Waals surface area contributed by atoms with E-state index in [1.165, 1.54) is 28.6 Å². The Kier molecular flexibility index (Phi) is 6.55. The summed E-state index contributed by atoms with van der Waals surface area (Å²) >= 11 is 0. The quantitative estimate of drug-likeness (QED) is 0.702. The molecular formula is C17H23N3O6S. The number of esters is 1. The number of amides is 3. The monoisotopic (exact) mass is 397 g/mol. The summed E-state index contributed by atoms with van der Waals surface area (Å²) in [6.07, 6.45) is 0.986. The number of carbonyl (C=O) groups excluding carboxylic acids is 3. The summed E-state index contributed by atoms with van der Waals surface area (Å²) in [6, 6.07) is 4.25. The van der Waals surface area contributed by atoms with Gasteiger partial charge < -0.3 is 10.5 Å². The highest BCUT2D eigenvalue weighted by Gasteiger charge is 2.31. The highest BCUT2D eigenvalue weighted by molar-refractivity contribution is 7.89. The van der Waals surface area contributed by atoms with Crippen molar-refractivity contribution in [2.24, 2.45) is 17.6 Å². The maximum atomic E-state index is 12.8. The first-order valence-corrected chi connectivity index (χ1v) is 9.90. The minimum Gasteiger partial charge on any atom is -0.452 e. The van der Waals surface area contributed by atoms with Crippen LogP contribution in [0.3, 0.4) is 0 Å². The lowest BCUT2D eigenvalue weighted by atomic mass is 9.94. The van der Waals surface area contributed by atoms with Crippen LogP contribution in [0.25, 0.3) is 0 Å². The number of nitrogens with two attached hydrogens (primary N) is 1. The number of imide groups is 1. The maximum Gasteiger partial charge on any atom is 0.338 e. The lowest BCUT2D eigenvalue weighted by molar-refractivity contribution is -0.123. The van der Waals surface area contributed by atoms with Gasteiger partial charge in [-0.1, -0.05) is 13.8 Å². The van der Waals surface area contributed by atoms with Gasteiger partial charge in [-0.3, -0.25) is 10.1 Å². The van der Waals surface area contributed by atoms with E-state index in [-0.39, 0.29) is 22.3 Å². The number of carbonyl (C=O) groups is 3. The molecule has 0 radical (unpaired) electrons. The van der Waals surface area contributed by atoms with Crippen LogP contribution in [0.5, 0.6) is 0 Å². The SMILES string of the molecule is C[C@@H]1C[C@@H](C)CN(S(=O)(=O)c2ccc(C(=O)OCC(=O)NC(N)=O)cc2)C1. The van der Waals surface area contributed by atoms with Crippen LogP contribution in [0.4, 0.5) is 4.79 Å². The van der Waals surface area contributed by atoms with Gasteiger partial charge in [0.15, 0.2) is 6.61 Å². The second-order valence-corrected chi connectivity index (χ2v) is 8.72. The topological polar surface area (TPSA) is 136 Å². The molecule has 0 spiro atoms. The summed E-state index contributed by atoms with van der Waals surface area (Å²) in [5.41, 5.74) is 4.86. The van der Waals surface area contributed by atoms with Crippen molar-refractivity contribution in [3.63, 3.8) is 0 Å². The number of primary amides is 1. The van der Waals surface area contributed by atoms with Crippen LogP contribution in [0.1, 0.15) is 30.6 Å². The molecule has 0 unspecified atom stereocenters. The molecule has 1 aromatic rings. The first-order valence-electron chi connectivity index (χ1n) is 8.46. The van der Waals surface area contributed by atoms with Gasteiger partial charge in [-0.15, -0.1) is 0 Å². The van der Waals surface area contributed by atoms with Gasteiger partial charge in [-0.2, -0.15) is 4.31 Å². The molecule has 0 bridgehead atoms. The maximum absolute atomic E-state index is 12.8. The third kappa shape index (κ3) is 5.51. The second kappa shape index (κ2) is 8.49. The number of urea groups is 1.